The molecule has 0 heterocycles. The van der Waals surface area contributed by atoms with Crippen LogP contribution < -0.4 is 0 Å². The second kappa shape index (κ2) is 4.27. The van der Waals surface area contributed by atoms with Gasteiger partial charge in [-0.25, -0.2) is 0 Å². The monoisotopic (exact) mass is 422 g/mol. The summed E-state index contributed by atoms with van der Waals surface area (Å²) in [6.45, 7) is 4.15. The molecule has 0 unspecified atom stereocenters. The van der Waals surface area contributed by atoms with Gasteiger partial charge in [-0.1, -0.05) is 0 Å². The minimum absolute atomic E-state index is 1.05. The fourth-order valence-electron chi connectivity index (χ4n) is 0.893. The lowest BCUT2D eigenvalue weighted by Crippen LogP contribution is -1.94. The highest BCUT2D eigenvalue weighted by Gasteiger charge is 2.11. The summed E-state index contributed by atoms with van der Waals surface area (Å²) in [6, 6.07) is 0. The van der Waals surface area contributed by atoms with Crippen molar-refractivity contribution in [3.63, 3.8) is 0 Å². The molecule has 0 fully saturated rings. The molecule has 1 aromatic carbocycles. The molecule has 0 nitrogen and oxygen atoms in total. The summed E-state index contributed by atoms with van der Waals surface area (Å²) in [5.74, 6) is 0. The van der Waals surface area contributed by atoms with Crippen molar-refractivity contribution in [1.82, 2.24) is 0 Å². The van der Waals surface area contributed by atoms with Crippen LogP contribution in [0.15, 0.2) is 9.79 Å². The Bertz CT molecular complexity index is 229. The van der Waals surface area contributed by atoms with Crippen molar-refractivity contribution in [3.8, 4) is 0 Å². The van der Waals surface area contributed by atoms with E-state index in [9.17, 15) is 0 Å². The first-order valence-electron chi connectivity index (χ1n) is 3.33. The van der Waals surface area contributed by atoms with Gasteiger partial charge < -0.3 is 0 Å². The second-order valence-corrected chi connectivity index (χ2v) is 5.63. The molecule has 0 aliphatic rings. The Balaban J connectivity index is 3.60. The number of hydrogen-bond donors (Lipinski definition) is 2. The molecule has 0 atom stereocenters. The van der Waals surface area contributed by atoms with Crippen molar-refractivity contribution in [2.24, 2.45) is 0 Å². The van der Waals surface area contributed by atoms with E-state index in [4.69, 9.17) is 0 Å². The van der Waals surface area contributed by atoms with Crippen molar-refractivity contribution >= 4 is 70.4 Å². The van der Waals surface area contributed by atoms with Crippen LogP contribution in [-0.4, -0.2) is 0 Å². The maximum atomic E-state index is 4.44. The van der Waals surface area contributed by atoms with Gasteiger partial charge in [-0.3, -0.25) is 0 Å². The Kier molecular flexibility index (Phi) is 4.07. The SMILES string of the molecule is Cc1c(S)c(I)c(C)c(I)c1S. The highest BCUT2D eigenvalue weighted by Crippen LogP contribution is 2.33. The lowest BCUT2D eigenvalue weighted by atomic mass is 10.2. The van der Waals surface area contributed by atoms with Crippen LogP contribution in [0.25, 0.3) is 0 Å². The summed E-state index contributed by atoms with van der Waals surface area (Å²) >= 11 is 13.5. The summed E-state index contributed by atoms with van der Waals surface area (Å²) in [7, 11) is 0. The normalized spacial score (nSPS) is 10.5. The first kappa shape index (κ1) is 11.5. The van der Waals surface area contributed by atoms with Crippen LogP contribution in [0.3, 0.4) is 0 Å². The van der Waals surface area contributed by atoms with E-state index >= 15 is 0 Å². The molecule has 12 heavy (non-hydrogen) atoms. The van der Waals surface area contributed by atoms with Gasteiger partial charge in [0.2, 0.25) is 0 Å². The molecule has 0 spiro atoms. The van der Waals surface area contributed by atoms with Gasteiger partial charge in [0.15, 0.2) is 0 Å². The van der Waals surface area contributed by atoms with Gasteiger partial charge in [0, 0.05) is 16.9 Å². The second-order valence-electron chi connectivity index (χ2n) is 2.58. The van der Waals surface area contributed by atoms with Crippen molar-refractivity contribution in [1.29, 1.82) is 0 Å². The van der Waals surface area contributed by atoms with Crippen LogP contribution in [0.1, 0.15) is 11.1 Å². The average Bonchev–Trinajstić information content (AvgIpc) is 2.08. The maximum Gasteiger partial charge on any atom is 0.0306 e. The molecule has 1 rings (SSSR count). The fraction of sp³-hybridized carbons (Fsp3) is 0.250. The van der Waals surface area contributed by atoms with Crippen LogP contribution in [0.4, 0.5) is 0 Å². The molecule has 0 amide bonds. The lowest BCUT2D eigenvalue weighted by Gasteiger charge is -2.11. The zero-order valence-corrected chi connectivity index (χ0v) is 12.8. The van der Waals surface area contributed by atoms with Gasteiger partial charge in [-0.15, -0.1) is 25.3 Å². The Morgan fingerprint density at radius 2 is 1.17 bits per heavy atom. The number of thiol groups is 2. The first-order chi connectivity index (χ1) is 5.46. The molecule has 0 aliphatic heterocycles. The predicted octanol–water partition coefficient (Wildman–Crippen LogP) is 4.09. The summed E-state index contributed by atoms with van der Waals surface area (Å²) in [5.41, 5.74) is 2.44. The number of rotatable bonds is 0. The zero-order valence-electron chi connectivity index (χ0n) is 6.65. The number of benzene rings is 1. The first-order valence-corrected chi connectivity index (χ1v) is 6.38. The molecule has 0 radical (unpaired) electrons. The highest BCUT2D eigenvalue weighted by molar-refractivity contribution is 14.1. The number of hydrogen-bond acceptors (Lipinski definition) is 2. The molecule has 1 aromatic rings. The van der Waals surface area contributed by atoms with E-state index in [-0.39, 0.29) is 0 Å². The Labute approximate surface area is 111 Å². The third-order valence-electron chi connectivity index (χ3n) is 1.78. The van der Waals surface area contributed by atoms with Gasteiger partial charge >= 0.3 is 0 Å². The summed E-state index contributed by atoms with van der Waals surface area (Å²) in [5, 5.41) is 0. The quantitative estimate of drug-likeness (QED) is 0.457. The smallest absolute Gasteiger partial charge is 0.0306 e. The standard InChI is InChI=1S/C8H8I2S2/c1-3-5(9)7(11)4(2)8(12)6(3)10/h11-12H,1-2H3. The van der Waals surface area contributed by atoms with Gasteiger partial charge in [0.05, 0.1) is 0 Å². The van der Waals surface area contributed by atoms with Gasteiger partial charge in [-0.2, -0.15) is 0 Å². The topological polar surface area (TPSA) is 0 Å². The fourth-order valence-corrected chi connectivity index (χ4v) is 3.40. The lowest BCUT2D eigenvalue weighted by molar-refractivity contribution is 1.11. The molecular formula is C8H8I2S2. The van der Waals surface area contributed by atoms with E-state index in [1.54, 1.807) is 0 Å². The summed E-state index contributed by atoms with van der Waals surface area (Å²) in [6.07, 6.45) is 0. The molecule has 0 saturated carbocycles. The van der Waals surface area contributed by atoms with Gasteiger partial charge in [0.25, 0.3) is 0 Å². The van der Waals surface area contributed by atoms with E-state index in [2.05, 4.69) is 84.3 Å². The minimum atomic E-state index is 1.05. The van der Waals surface area contributed by atoms with E-state index in [0.29, 0.717) is 0 Å². The van der Waals surface area contributed by atoms with Gasteiger partial charge in [0.1, 0.15) is 0 Å². The van der Waals surface area contributed by atoms with Crippen molar-refractivity contribution in [2.75, 3.05) is 0 Å². The molecule has 0 aliphatic carbocycles. The largest absolute Gasteiger partial charge is 0.142 e. The Morgan fingerprint density at radius 1 is 0.833 bits per heavy atom. The predicted molar refractivity (Wildman–Crippen MR) is 75.9 cm³/mol. The maximum absolute atomic E-state index is 4.44. The van der Waals surface area contributed by atoms with Crippen LogP contribution in [0.2, 0.25) is 0 Å². The van der Waals surface area contributed by atoms with Crippen molar-refractivity contribution < 1.29 is 0 Å². The molecule has 0 saturated heterocycles. The highest BCUT2D eigenvalue weighted by atomic mass is 127. The van der Waals surface area contributed by atoms with E-state index in [1.807, 2.05) is 0 Å². The average molecular weight is 422 g/mol. The molecule has 4 heteroatoms. The van der Waals surface area contributed by atoms with E-state index < -0.39 is 0 Å². The zero-order chi connectivity index (χ0) is 9.46. The third kappa shape index (κ3) is 1.90. The summed E-state index contributed by atoms with van der Waals surface area (Å²) in [4.78, 5) is 2.11. The number of halogens is 2. The third-order valence-corrected chi connectivity index (χ3v) is 6.45. The molecular weight excluding hydrogens is 414 g/mol. The van der Waals surface area contributed by atoms with Crippen LogP contribution in [0.5, 0.6) is 0 Å². The van der Waals surface area contributed by atoms with E-state index in [0.717, 1.165) is 9.79 Å². The van der Waals surface area contributed by atoms with Gasteiger partial charge in [-0.05, 0) is 70.2 Å². The van der Waals surface area contributed by atoms with Crippen molar-refractivity contribution in [3.05, 3.63) is 18.3 Å². The van der Waals surface area contributed by atoms with Crippen LogP contribution in [0, 0.1) is 21.0 Å². The molecule has 0 N–H and O–H groups in total. The van der Waals surface area contributed by atoms with E-state index in [1.165, 1.54) is 18.3 Å². The minimum Gasteiger partial charge on any atom is -0.142 e. The van der Waals surface area contributed by atoms with Crippen LogP contribution >= 0.6 is 70.4 Å². The van der Waals surface area contributed by atoms with Crippen LogP contribution in [-0.2, 0) is 0 Å². The van der Waals surface area contributed by atoms with Crippen molar-refractivity contribution in [2.45, 2.75) is 23.6 Å². The molecule has 66 valence electrons. The summed E-state index contributed by atoms with van der Waals surface area (Å²) < 4.78 is 2.46. The molecule has 0 bridgehead atoms. The molecule has 0 aromatic heterocycles. The Morgan fingerprint density at radius 3 is 1.50 bits per heavy atom. The Hall–Kier alpha value is 1.38.